The molecule has 0 bridgehead atoms. The zero-order chi connectivity index (χ0) is 24.6. The minimum absolute atomic E-state index is 0.165. The standard InChI is InChI=1S/C23H29Br2N3O4S/c1-4-5-13-26-23(30)17(2)27(15-18-7-6-8-20(25)14-18)22(29)16-28(33(3,31)32)21-11-9-19(24)10-12-21/h6-12,14,17H,4-5,13,15-16H2,1-3H3,(H,26,30)/t17-/m1/s1. The number of carbonyl (C=O) groups is 2. The minimum Gasteiger partial charge on any atom is -0.354 e. The van der Waals surface area contributed by atoms with Crippen molar-refractivity contribution in [2.45, 2.75) is 39.3 Å². The first-order valence-electron chi connectivity index (χ1n) is 10.6. The Bertz CT molecular complexity index is 1060. The Labute approximate surface area is 212 Å². The van der Waals surface area contributed by atoms with Gasteiger partial charge in [0.15, 0.2) is 0 Å². The van der Waals surface area contributed by atoms with E-state index in [4.69, 9.17) is 0 Å². The molecular weight excluding hydrogens is 574 g/mol. The van der Waals surface area contributed by atoms with Gasteiger partial charge in [0.05, 0.1) is 11.9 Å². The Hall–Kier alpha value is -1.91. The molecule has 180 valence electrons. The summed E-state index contributed by atoms with van der Waals surface area (Å²) < 4.78 is 27.7. The molecule has 0 saturated carbocycles. The van der Waals surface area contributed by atoms with E-state index in [-0.39, 0.29) is 12.5 Å². The van der Waals surface area contributed by atoms with E-state index in [1.165, 1.54) is 4.90 Å². The average Bonchev–Trinajstić information content (AvgIpc) is 2.75. The van der Waals surface area contributed by atoms with E-state index in [2.05, 4.69) is 37.2 Å². The molecule has 2 amide bonds. The van der Waals surface area contributed by atoms with Crippen LogP contribution in [0, 0.1) is 0 Å². The van der Waals surface area contributed by atoms with Gasteiger partial charge in [0.25, 0.3) is 0 Å². The van der Waals surface area contributed by atoms with Gasteiger partial charge in [-0.1, -0.05) is 57.3 Å². The molecule has 0 radical (unpaired) electrons. The first-order chi connectivity index (χ1) is 15.5. The SMILES string of the molecule is CCCCNC(=O)[C@@H](C)N(Cc1cccc(Br)c1)C(=O)CN(c1ccc(Br)cc1)S(C)(=O)=O. The number of hydrogen-bond donors (Lipinski definition) is 1. The lowest BCUT2D eigenvalue weighted by Gasteiger charge is -2.31. The quantitative estimate of drug-likeness (QED) is 0.388. The van der Waals surface area contributed by atoms with E-state index >= 15 is 0 Å². The molecule has 0 unspecified atom stereocenters. The number of rotatable bonds is 11. The van der Waals surface area contributed by atoms with E-state index in [0.29, 0.717) is 12.2 Å². The molecule has 0 saturated heterocycles. The van der Waals surface area contributed by atoms with Gasteiger partial charge in [-0.15, -0.1) is 0 Å². The van der Waals surface area contributed by atoms with Crippen molar-refractivity contribution < 1.29 is 18.0 Å². The Balaban J connectivity index is 2.33. The average molecular weight is 603 g/mol. The number of unbranched alkanes of at least 4 members (excludes halogenated alkanes) is 1. The van der Waals surface area contributed by atoms with E-state index < -0.39 is 28.5 Å². The maximum atomic E-state index is 13.4. The Morgan fingerprint density at radius 3 is 2.30 bits per heavy atom. The summed E-state index contributed by atoms with van der Waals surface area (Å²) >= 11 is 6.76. The molecule has 1 N–H and O–H groups in total. The largest absolute Gasteiger partial charge is 0.354 e. The zero-order valence-electron chi connectivity index (χ0n) is 18.9. The maximum absolute atomic E-state index is 13.4. The van der Waals surface area contributed by atoms with Crippen molar-refractivity contribution in [3.63, 3.8) is 0 Å². The number of hydrogen-bond acceptors (Lipinski definition) is 4. The summed E-state index contributed by atoms with van der Waals surface area (Å²) in [5.74, 6) is -0.747. The summed E-state index contributed by atoms with van der Waals surface area (Å²) in [4.78, 5) is 27.6. The number of nitrogens with one attached hydrogen (secondary N) is 1. The van der Waals surface area contributed by atoms with Crippen LogP contribution in [0.1, 0.15) is 32.3 Å². The normalized spacial score (nSPS) is 12.2. The fourth-order valence-electron chi connectivity index (χ4n) is 3.17. The highest BCUT2D eigenvalue weighted by atomic mass is 79.9. The van der Waals surface area contributed by atoms with Gasteiger partial charge in [0, 0.05) is 22.0 Å². The molecule has 0 aromatic heterocycles. The highest BCUT2D eigenvalue weighted by molar-refractivity contribution is 9.10. The highest BCUT2D eigenvalue weighted by Gasteiger charge is 2.30. The zero-order valence-corrected chi connectivity index (χ0v) is 22.9. The molecule has 2 aromatic rings. The third kappa shape index (κ3) is 8.42. The second kappa shape index (κ2) is 12.5. The van der Waals surface area contributed by atoms with Crippen molar-refractivity contribution in [3.8, 4) is 0 Å². The smallest absolute Gasteiger partial charge is 0.244 e. The monoisotopic (exact) mass is 601 g/mol. The number of carbonyl (C=O) groups excluding carboxylic acids is 2. The lowest BCUT2D eigenvalue weighted by Crippen LogP contribution is -2.51. The number of halogens is 2. The predicted octanol–water partition coefficient (Wildman–Crippen LogP) is 4.31. The molecule has 2 rings (SSSR count). The van der Waals surface area contributed by atoms with Crippen molar-refractivity contribution in [3.05, 3.63) is 63.0 Å². The van der Waals surface area contributed by atoms with Crippen LogP contribution >= 0.6 is 31.9 Å². The molecule has 0 aliphatic carbocycles. The summed E-state index contributed by atoms with van der Waals surface area (Å²) in [6.07, 6.45) is 2.83. The van der Waals surface area contributed by atoms with Gasteiger partial charge >= 0.3 is 0 Å². The summed E-state index contributed by atoms with van der Waals surface area (Å²) in [6, 6.07) is 13.3. The van der Waals surface area contributed by atoms with Crippen LogP contribution in [-0.4, -0.2) is 50.5 Å². The molecule has 0 aliphatic rings. The molecular formula is C23H29Br2N3O4S. The lowest BCUT2D eigenvalue weighted by molar-refractivity contribution is -0.139. The topological polar surface area (TPSA) is 86.8 Å². The maximum Gasteiger partial charge on any atom is 0.244 e. The minimum atomic E-state index is -3.74. The van der Waals surface area contributed by atoms with Crippen molar-refractivity contribution in [1.82, 2.24) is 10.2 Å². The number of anilines is 1. The molecule has 0 spiro atoms. The van der Waals surface area contributed by atoms with E-state index in [1.54, 1.807) is 31.2 Å². The van der Waals surface area contributed by atoms with Gasteiger partial charge in [-0.05, 0) is 55.3 Å². The predicted molar refractivity (Wildman–Crippen MR) is 138 cm³/mol. The van der Waals surface area contributed by atoms with Crippen LogP contribution in [0.15, 0.2) is 57.5 Å². The van der Waals surface area contributed by atoms with Crippen LogP contribution in [0.4, 0.5) is 5.69 Å². The number of sulfonamides is 1. The Kier molecular flexibility index (Phi) is 10.4. The Morgan fingerprint density at radius 1 is 1.06 bits per heavy atom. The summed E-state index contributed by atoms with van der Waals surface area (Å²) in [5, 5.41) is 2.86. The molecule has 10 heteroatoms. The molecule has 7 nitrogen and oxygen atoms in total. The van der Waals surface area contributed by atoms with Gasteiger partial charge in [0.2, 0.25) is 21.8 Å². The lowest BCUT2D eigenvalue weighted by atomic mass is 10.1. The van der Waals surface area contributed by atoms with Crippen LogP contribution < -0.4 is 9.62 Å². The van der Waals surface area contributed by atoms with Crippen molar-refractivity contribution in [1.29, 1.82) is 0 Å². The van der Waals surface area contributed by atoms with Crippen molar-refractivity contribution in [2.75, 3.05) is 23.7 Å². The molecule has 33 heavy (non-hydrogen) atoms. The summed E-state index contributed by atoms with van der Waals surface area (Å²) in [5.41, 5.74) is 1.19. The van der Waals surface area contributed by atoms with Gasteiger partial charge < -0.3 is 10.2 Å². The van der Waals surface area contributed by atoms with Gasteiger partial charge in [-0.2, -0.15) is 0 Å². The molecule has 1 atom stereocenters. The highest BCUT2D eigenvalue weighted by Crippen LogP contribution is 2.22. The van der Waals surface area contributed by atoms with Gasteiger partial charge in [-0.25, -0.2) is 8.42 Å². The van der Waals surface area contributed by atoms with E-state index in [9.17, 15) is 18.0 Å². The van der Waals surface area contributed by atoms with E-state index in [1.807, 2.05) is 31.2 Å². The van der Waals surface area contributed by atoms with Crippen LogP contribution in [0.25, 0.3) is 0 Å². The van der Waals surface area contributed by atoms with Gasteiger partial charge in [0.1, 0.15) is 12.6 Å². The third-order valence-corrected chi connectivity index (χ3v) is 7.20. The van der Waals surface area contributed by atoms with Crippen molar-refractivity contribution >= 4 is 59.4 Å². The van der Waals surface area contributed by atoms with Gasteiger partial charge in [-0.3, -0.25) is 13.9 Å². The first kappa shape index (κ1) is 27.3. The second-order valence-corrected chi connectivity index (χ2v) is 11.5. The number of amides is 2. The summed E-state index contributed by atoms with van der Waals surface area (Å²) in [6.45, 7) is 3.95. The molecule has 0 heterocycles. The first-order valence-corrected chi connectivity index (χ1v) is 14.0. The molecule has 2 aromatic carbocycles. The third-order valence-electron chi connectivity index (χ3n) is 5.03. The molecule has 0 fully saturated rings. The van der Waals surface area contributed by atoms with Crippen LogP contribution in [0.2, 0.25) is 0 Å². The fourth-order valence-corrected chi connectivity index (χ4v) is 4.73. The Morgan fingerprint density at radius 2 is 1.73 bits per heavy atom. The number of benzene rings is 2. The summed E-state index contributed by atoms with van der Waals surface area (Å²) in [7, 11) is -3.74. The molecule has 0 aliphatic heterocycles. The van der Waals surface area contributed by atoms with Crippen LogP contribution in [0.5, 0.6) is 0 Å². The second-order valence-electron chi connectivity index (χ2n) is 7.72. The van der Waals surface area contributed by atoms with E-state index in [0.717, 1.165) is 37.9 Å². The number of nitrogens with zero attached hydrogens (tertiary/aromatic N) is 2. The van der Waals surface area contributed by atoms with Crippen LogP contribution in [-0.2, 0) is 26.2 Å². The van der Waals surface area contributed by atoms with Crippen molar-refractivity contribution in [2.24, 2.45) is 0 Å². The fraction of sp³-hybridized carbons (Fsp3) is 0.391. The van der Waals surface area contributed by atoms with Crippen LogP contribution in [0.3, 0.4) is 0 Å².